The van der Waals surface area contributed by atoms with Crippen LogP contribution >= 0.6 is 0 Å². The zero-order chi connectivity index (χ0) is 21.9. The summed E-state index contributed by atoms with van der Waals surface area (Å²) in [7, 11) is 1.61. The van der Waals surface area contributed by atoms with Crippen LogP contribution in [0.3, 0.4) is 0 Å². The van der Waals surface area contributed by atoms with Gasteiger partial charge in [0.1, 0.15) is 5.69 Å². The van der Waals surface area contributed by atoms with Crippen LogP contribution in [0.5, 0.6) is 5.88 Å². The van der Waals surface area contributed by atoms with Gasteiger partial charge in [0, 0.05) is 35.0 Å². The predicted molar refractivity (Wildman–Crippen MR) is 122 cm³/mol. The number of benzene rings is 2. The van der Waals surface area contributed by atoms with E-state index in [0.717, 1.165) is 46.5 Å². The second-order valence-corrected chi connectivity index (χ2v) is 7.93. The monoisotopic (exact) mass is 425 g/mol. The molecule has 1 N–H and O–H groups in total. The smallest absolute Gasteiger partial charge is 0.227 e. The summed E-state index contributed by atoms with van der Waals surface area (Å²) in [5.41, 5.74) is 5.73. The normalized spacial score (nSPS) is 13.0. The minimum Gasteiger partial charge on any atom is -0.481 e. The van der Waals surface area contributed by atoms with Gasteiger partial charge in [0.15, 0.2) is 0 Å². The van der Waals surface area contributed by atoms with E-state index >= 15 is 0 Å². The summed E-state index contributed by atoms with van der Waals surface area (Å²) in [4.78, 5) is 16.3. The number of nitrogens with one attached hydrogen (secondary N) is 1. The van der Waals surface area contributed by atoms with E-state index < -0.39 is 0 Å². The van der Waals surface area contributed by atoms with Gasteiger partial charge in [-0.3, -0.25) is 4.79 Å². The number of aromatic nitrogens is 4. The maximum Gasteiger partial charge on any atom is 0.227 e. The van der Waals surface area contributed by atoms with Crippen LogP contribution in [0.25, 0.3) is 22.4 Å². The molecule has 1 aliphatic rings. The Morgan fingerprint density at radius 3 is 2.59 bits per heavy atom. The number of amides is 1. The zero-order valence-electron chi connectivity index (χ0n) is 17.7. The van der Waals surface area contributed by atoms with Crippen molar-refractivity contribution in [3.63, 3.8) is 0 Å². The highest BCUT2D eigenvalue weighted by atomic mass is 16.5. The van der Waals surface area contributed by atoms with Crippen LogP contribution in [-0.2, 0) is 11.3 Å². The van der Waals surface area contributed by atoms with Gasteiger partial charge in [0.05, 0.1) is 19.9 Å². The molecule has 1 amide bonds. The van der Waals surface area contributed by atoms with Gasteiger partial charge in [-0.25, -0.2) is 9.67 Å². The Bertz CT molecular complexity index is 1230. The molecule has 0 spiro atoms. The Hall–Kier alpha value is -4.00. The van der Waals surface area contributed by atoms with Crippen molar-refractivity contribution in [2.45, 2.75) is 19.4 Å². The fourth-order valence-electron chi connectivity index (χ4n) is 3.52. The summed E-state index contributed by atoms with van der Waals surface area (Å²) >= 11 is 0. The molecule has 1 saturated carbocycles. The minimum atomic E-state index is 0.0969. The highest BCUT2D eigenvalue weighted by molar-refractivity contribution is 5.94. The number of rotatable bonds is 7. The average Bonchev–Trinajstić information content (AvgIpc) is 3.59. The molecule has 0 unspecified atom stereocenters. The molecule has 7 heteroatoms. The second-order valence-electron chi connectivity index (χ2n) is 7.93. The van der Waals surface area contributed by atoms with Crippen molar-refractivity contribution in [3.8, 4) is 28.3 Å². The quantitative estimate of drug-likeness (QED) is 0.474. The van der Waals surface area contributed by atoms with Crippen LogP contribution < -0.4 is 10.1 Å². The number of pyridine rings is 1. The van der Waals surface area contributed by atoms with Crippen molar-refractivity contribution >= 4 is 11.6 Å². The summed E-state index contributed by atoms with van der Waals surface area (Å²) in [6.07, 6.45) is 5.69. The molecule has 0 radical (unpaired) electrons. The van der Waals surface area contributed by atoms with Gasteiger partial charge < -0.3 is 10.1 Å². The first kappa shape index (κ1) is 19.9. The molecule has 2 heterocycles. The molecule has 32 heavy (non-hydrogen) atoms. The molecule has 0 saturated heterocycles. The molecule has 4 aromatic rings. The van der Waals surface area contributed by atoms with Crippen molar-refractivity contribution in [3.05, 3.63) is 78.6 Å². The Morgan fingerprint density at radius 2 is 1.88 bits per heavy atom. The summed E-state index contributed by atoms with van der Waals surface area (Å²) in [5.74, 6) is 0.870. The lowest BCUT2D eigenvalue weighted by Gasteiger charge is -2.06. The van der Waals surface area contributed by atoms with Crippen LogP contribution in [-0.4, -0.2) is 33.0 Å². The SMILES string of the molecule is COc1ccc(-c2ccc(Cn3cc(-c4cccc(NC(=O)C5CC5)c4)nn3)cc2)cn1. The lowest BCUT2D eigenvalue weighted by atomic mass is 10.1. The highest BCUT2D eigenvalue weighted by Crippen LogP contribution is 2.30. The molecule has 1 aliphatic carbocycles. The van der Waals surface area contributed by atoms with Gasteiger partial charge in [0.2, 0.25) is 11.8 Å². The van der Waals surface area contributed by atoms with Crippen LogP contribution in [0, 0.1) is 5.92 Å². The van der Waals surface area contributed by atoms with E-state index in [4.69, 9.17) is 4.74 Å². The first-order chi connectivity index (χ1) is 15.7. The van der Waals surface area contributed by atoms with Gasteiger partial charge >= 0.3 is 0 Å². The molecule has 1 fully saturated rings. The van der Waals surface area contributed by atoms with Gasteiger partial charge in [0.25, 0.3) is 0 Å². The highest BCUT2D eigenvalue weighted by Gasteiger charge is 2.29. The Labute approximate surface area is 186 Å². The topological polar surface area (TPSA) is 81.9 Å². The molecular formula is C25H23N5O2. The van der Waals surface area contributed by atoms with E-state index in [1.165, 1.54) is 0 Å². The lowest BCUT2D eigenvalue weighted by Crippen LogP contribution is -2.13. The Kier molecular flexibility index (Phi) is 5.37. The Balaban J connectivity index is 1.26. The van der Waals surface area contributed by atoms with Gasteiger partial charge in [-0.1, -0.05) is 41.6 Å². The van der Waals surface area contributed by atoms with Crippen molar-refractivity contribution in [2.75, 3.05) is 12.4 Å². The number of nitrogens with zero attached hydrogens (tertiary/aromatic N) is 4. The predicted octanol–water partition coefficient (Wildman–Crippen LogP) is 4.41. The summed E-state index contributed by atoms with van der Waals surface area (Å²) in [6, 6.07) is 19.9. The maximum absolute atomic E-state index is 12.0. The van der Waals surface area contributed by atoms with Crippen LogP contribution in [0.2, 0.25) is 0 Å². The summed E-state index contributed by atoms with van der Waals surface area (Å²) < 4.78 is 6.93. The number of carbonyl (C=O) groups excluding carboxylic acids is 1. The number of carbonyl (C=O) groups is 1. The second kappa shape index (κ2) is 8.63. The fraction of sp³-hybridized carbons (Fsp3) is 0.200. The molecule has 0 atom stereocenters. The number of methoxy groups -OCH3 is 1. The van der Waals surface area contributed by atoms with Crippen LogP contribution in [0.4, 0.5) is 5.69 Å². The first-order valence-electron chi connectivity index (χ1n) is 10.6. The van der Waals surface area contributed by atoms with Crippen molar-refractivity contribution in [2.24, 2.45) is 5.92 Å². The number of anilines is 1. The van der Waals surface area contributed by atoms with E-state index in [1.54, 1.807) is 13.3 Å². The third-order valence-electron chi connectivity index (χ3n) is 5.49. The largest absolute Gasteiger partial charge is 0.481 e. The van der Waals surface area contributed by atoms with Gasteiger partial charge in [-0.05, 0) is 42.2 Å². The van der Waals surface area contributed by atoms with Crippen LogP contribution in [0.15, 0.2) is 73.1 Å². The third kappa shape index (κ3) is 4.51. The number of hydrogen-bond donors (Lipinski definition) is 1. The van der Waals surface area contributed by atoms with E-state index in [9.17, 15) is 4.79 Å². The fourth-order valence-corrected chi connectivity index (χ4v) is 3.52. The molecule has 0 bridgehead atoms. The summed E-state index contributed by atoms with van der Waals surface area (Å²) in [6.45, 7) is 0.617. The molecule has 0 aliphatic heterocycles. The van der Waals surface area contributed by atoms with Crippen molar-refractivity contribution < 1.29 is 9.53 Å². The Morgan fingerprint density at radius 1 is 1.06 bits per heavy atom. The number of ether oxygens (including phenoxy) is 1. The van der Waals surface area contributed by atoms with Crippen LogP contribution in [0.1, 0.15) is 18.4 Å². The molecule has 7 nitrogen and oxygen atoms in total. The zero-order valence-corrected chi connectivity index (χ0v) is 17.7. The standard InChI is InChI=1S/C25H23N5O2/c1-32-24-12-11-21(14-26-24)18-7-5-17(6-8-18)15-30-16-23(28-29-30)20-3-2-4-22(13-20)27-25(31)19-9-10-19/h2-8,11-14,16,19H,9-10,15H2,1H3,(H,27,31). The van der Waals surface area contributed by atoms with Gasteiger partial charge in [-0.2, -0.15) is 0 Å². The maximum atomic E-state index is 12.0. The van der Waals surface area contributed by atoms with E-state index in [0.29, 0.717) is 12.4 Å². The van der Waals surface area contributed by atoms with E-state index in [1.807, 2.05) is 47.3 Å². The molecule has 2 aromatic heterocycles. The first-order valence-corrected chi connectivity index (χ1v) is 10.6. The average molecular weight is 425 g/mol. The third-order valence-corrected chi connectivity index (χ3v) is 5.49. The van der Waals surface area contributed by atoms with Crippen molar-refractivity contribution in [1.29, 1.82) is 0 Å². The van der Waals surface area contributed by atoms with E-state index in [-0.39, 0.29) is 11.8 Å². The van der Waals surface area contributed by atoms with Gasteiger partial charge in [-0.15, -0.1) is 5.10 Å². The molecule has 160 valence electrons. The number of hydrogen-bond acceptors (Lipinski definition) is 5. The lowest BCUT2D eigenvalue weighted by molar-refractivity contribution is -0.117. The van der Waals surface area contributed by atoms with E-state index in [2.05, 4.69) is 44.9 Å². The molecule has 2 aromatic carbocycles. The molecular weight excluding hydrogens is 402 g/mol. The molecule has 5 rings (SSSR count). The summed E-state index contributed by atoms with van der Waals surface area (Å²) in [5, 5.41) is 11.6. The van der Waals surface area contributed by atoms with Crippen molar-refractivity contribution in [1.82, 2.24) is 20.0 Å². The minimum absolute atomic E-state index is 0.0969.